The average Bonchev–Trinajstić information content (AvgIpc) is 2.98. The lowest BCUT2D eigenvalue weighted by Crippen LogP contribution is -2.46. The Morgan fingerprint density at radius 2 is 2.30 bits per heavy atom. The van der Waals surface area contributed by atoms with Crippen LogP contribution in [0.2, 0.25) is 5.02 Å². The van der Waals surface area contributed by atoms with Crippen molar-refractivity contribution in [2.45, 2.75) is 31.2 Å². The van der Waals surface area contributed by atoms with E-state index in [1.165, 1.54) is 0 Å². The molecule has 0 atom stereocenters. The van der Waals surface area contributed by atoms with Gasteiger partial charge in [0.25, 0.3) is 0 Å². The number of nitrogens with zero attached hydrogens (tertiary/aromatic N) is 2. The first-order chi connectivity index (χ1) is 11.2. The van der Waals surface area contributed by atoms with Crippen molar-refractivity contribution in [1.82, 2.24) is 14.9 Å². The molecule has 1 aromatic carbocycles. The van der Waals surface area contributed by atoms with E-state index in [9.17, 15) is 4.79 Å². The van der Waals surface area contributed by atoms with E-state index in [0.717, 1.165) is 35.7 Å². The Morgan fingerprint density at radius 3 is 3.04 bits per heavy atom. The highest BCUT2D eigenvalue weighted by atomic mass is 35.5. The standard InChI is InChI=1S/C17H20ClN3OS/c18-15-3-1-2-13(6-15)10-23-11-17(22)20-16-7-14(8-16)9-21-5-4-19-12-21/h1-6,12,14,16H,7-11H2,(H,20,22). The average molecular weight is 350 g/mol. The zero-order chi connectivity index (χ0) is 16.1. The molecule has 0 radical (unpaired) electrons. The number of carbonyl (C=O) groups is 1. The molecule has 1 aliphatic carbocycles. The molecular weight excluding hydrogens is 330 g/mol. The van der Waals surface area contributed by atoms with E-state index in [2.05, 4.69) is 14.9 Å². The molecule has 23 heavy (non-hydrogen) atoms. The van der Waals surface area contributed by atoms with Gasteiger partial charge >= 0.3 is 0 Å². The highest BCUT2D eigenvalue weighted by Gasteiger charge is 2.30. The molecule has 1 N–H and O–H groups in total. The second-order valence-corrected chi connectivity index (χ2v) is 7.41. The third-order valence-electron chi connectivity index (χ3n) is 4.02. The number of thioether (sulfide) groups is 1. The summed E-state index contributed by atoms with van der Waals surface area (Å²) in [7, 11) is 0. The van der Waals surface area contributed by atoms with E-state index in [4.69, 9.17) is 11.6 Å². The molecule has 122 valence electrons. The normalized spacial score (nSPS) is 20.0. The lowest BCUT2D eigenvalue weighted by Gasteiger charge is -2.36. The van der Waals surface area contributed by atoms with Crippen LogP contribution in [0.1, 0.15) is 18.4 Å². The largest absolute Gasteiger partial charge is 0.353 e. The number of hydrogen-bond donors (Lipinski definition) is 1. The van der Waals surface area contributed by atoms with Crippen molar-refractivity contribution >= 4 is 29.3 Å². The van der Waals surface area contributed by atoms with E-state index >= 15 is 0 Å². The Bertz CT molecular complexity index is 641. The molecular formula is C17H20ClN3OS. The lowest BCUT2D eigenvalue weighted by atomic mass is 9.80. The zero-order valence-corrected chi connectivity index (χ0v) is 14.4. The summed E-state index contributed by atoms with van der Waals surface area (Å²) in [5.74, 6) is 2.08. The van der Waals surface area contributed by atoms with Crippen molar-refractivity contribution in [3.63, 3.8) is 0 Å². The molecule has 1 aromatic heterocycles. The van der Waals surface area contributed by atoms with Gasteiger partial charge in [0.15, 0.2) is 0 Å². The van der Waals surface area contributed by atoms with Crippen molar-refractivity contribution in [3.8, 4) is 0 Å². The summed E-state index contributed by atoms with van der Waals surface area (Å²) < 4.78 is 2.10. The van der Waals surface area contributed by atoms with E-state index in [1.54, 1.807) is 18.0 Å². The van der Waals surface area contributed by atoms with Gasteiger partial charge in [-0.15, -0.1) is 11.8 Å². The fraction of sp³-hybridized carbons (Fsp3) is 0.412. The molecule has 0 unspecified atom stereocenters. The summed E-state index contributed by atoms with van der Waals surface area (Å²) in [6.07, 6.45) is 7.75. The van der Waals surface area contributed by atoms with Gasteiger partial charge < -0.3 is 9.88 Å². The number of imidazole rings is 1. The van der Waals surface area contributed by atoms with Crippen LogP contribution in [0, 0.1) is 5.92 Å². The number of nitrogens with one attached hydrogen (secondary N) is 1. The Hall–Kier alpha value is -1.46. The Morgan fingerprint density at radius 1 is 1.43 bits per heavy atom. The maximum atomic E-state index is 12.0. The fourth-order valence-electron chi connectivity index (χ4n) is 2.85. The molecule has 0 bridgehead atoms. The van der Waals surface area contributed by atoms with Crippen molar-refractivity contribution in [3.05, 3.63) is 53.6 Å². The Labute approximate surface area is 145 Å². The van der Waals surface area contributed by atoms with Gasteiger partial charge in [-0.05, 0) is 36.5 Å². The van der Waals surface area contributed by atoms with Crippen molar-refractivity contribution < 1.29 is 4.79 Å². The van der Waals surface area contributed by atoms with Gasteiger partial charge in [0, 0.05) is 35.8 Å². The predicted octanol–water partition coefficient (Wildman–Crippen LogP) is 3.36. The Balaban J connectivity index is 1.30. The molecule has 4 nitrogen and oxygen atoms in total. The van der Waals surface area contributed by atoms with Crippen molar-refractivity contribution in [2.24, 2.45) is 5.92 Å². The van der Waals surface area contributed by atoms with Gasteiger partial charge in [0.2, 0.25) is 5.91 Å². The van der Waals surface area contributed by atoms with Crippen LogP contribution in [0.5, 0.6) is 0 Å². The second-order valence-electron chi connectivity index (χ2n) is 5.98. The molecule has 1 fully saturated rings. The third kappa shape index (κ3) is 5.01. The number of amides is 1. The Kier molecular flexibility index (Phi) is 5.62. The number of carbonyl (C=O) groups excluding carboxylic acids is 1. The van der Waals surface area contributed by atoms with Crippen LogP contribution < -0.4 is 5.32 Å². The molecule has 6 heteroatoms. The number of hydrogen-bond acceptors (Lipinski definition) is 3. The maximum Gasteiger partial charge on any atom is 0.230 e. The minimum Gasteiger partial charge on any atom is -0.353 e. The van der Waals surface area contributed by atoms with Crippen LogP contribution >= 0.6 is 23.4 Å². The molecule has 1 heterocycles. The lowest BCUT2D eigenvalue weighted by molar-refractivity contribution is -0.120. The summed E-state index contributed by atoms with van der Waals surface area (Å²) in [4.78, 5) is 16.0. The maximum absolute atomic E-state index is 12.0. The highest BCUT2D eigenvalue weighted by Crippen LogP contribution is 2.29. The van der Waals surface area contributed by atoms with E-state index in [1.807, 2.05) is 36.8 Å². The molecule has 0 saturated heterocycles. The summed E-state index contributed by atoms with van der Waals surface area (Å²) >= 11 is 7.57. The molecule has 2 aromatic rings. The van der Waals surface area contributed by atoms with Crippen LogP contribution in [0.4, 0.5) is 0 Å². The molecule has 3 rings (SSSR count). The van der Waals surface area contributed by atoms with Gasteiger partial charge in [0.1, 0.15) is 0 Å². The first-order valence-electron chi connectivity index (χ1n) is 7.76. The van der Waals surface area contributed by atoms with Crippen molar-refractivity contribution in [1.29, 1.82) is 0 Å². The topological polar surface area (TPSA) is 46.9 Å². The third-order valence-corrected chi connectivity index (χ3v) is 5.26. The predicted molar refractivity (Wildman–Crippen MR) is 94.5 cm³/mol. The van der Waals surface area contributed by atoms with Crippen molar-refractivity contribution in [2.75, 3.05) is 5.75 Å². The van der Waals surface area contributed by atoms with Crippen LogP contribution in [0.3, 0.4) is 0 Å². The fourth-order valence-corrected chi connectivity index (χ4v) is 3.85. The number of rotatable bonds is 7. The summed E-state index contributed by atoms with van der Waals surface area (Å²) in [6.45, 7) is 0.996. The smallest absolute Gasteiger partial charge is 0.230 e. The van der Waals surface area contributed by atoms with E-state index in [-0.39, 0.29) is 5.91 Å². The summed E-state index contributed by atoms with van der Waals surface area (Å²) in [5, 5.41) is 3.85. The summed E-state index contributed by atoms with van der Waals surface area (Å²) in [5.41, 5.74) is 1.15. The van der Waals surface area contributed by atoms with Gasteiger partial charge in [-0.25, -0.2) is 4.98 Å². The van der Waals surface area contributed by atoms with Crippen LogP contribution in [0.15, 0.2) is 43.0 Å². The molecule has 1 aliphatic rings. The number of benzene rings is 1. The van der Waals surface area contributed by atoms with Gasteiger partial charge in [-0.1, -0.05) is 23.7 Å². The second kappa shape index (κ2) is 7.88. The first-order valence-corrected chi connectivity index (χ1v) is 9.29. The van der Waals surface area contributed by atoms with Gasteiger partial charge in [0.05, 0.1) is 12.1 Å². The van der Waals surface area contributed by atoms with Gasteiger partial charge in [-0.3, -0.25) is 4.79 Å². The molecule has 1 saturated carbocycles. The zero-order valence-electron chi connectivity index (χ0n) is 12.8. The first kappa shape index (κ1) is 16.4. The van der Waals surface area contributed by atoms with E-state index < -0.39 is 0 Å². The quantitative estimate of drug-likeness (QED) is 0.833. The van der Waals surface area contributed by atoms with Crippen LogP contribution in [-0.2, 0) is 17.1 Å². The SMILES string of the molecule is O=C(CSCc1cccc(Cl)c1)NC1CC(Cn2ccnc2)C1. The molecule has 1 amide bonds. The molecule has 0 spiro atoms. The molecule has 0 aliphatic heterocycles. The summed E-state index contributed by atoms with van der Waals surface area (Å²) in [6, 6.07) is 8.11. The van der Waals surface area contributed by atoms with Crippen LogP contribution in [0.25, 0.3) is 0 Å². The minimum atomic E-state index is 0.128. The number of halogens is 1. The van der Waals surface area contributed by atoms with E-state index in [0.29, 0.717) is 17.7 Å². The minimum absolute atomic E-state index is 0.128. The highest BCUT2D eigenvalue weighted by molar-refractivity contribution is 7.99. The van der Waals surface area contributed by atoms with Crippen LogP contribution in [-0.4, -0.2) is 27.3 Å². The monoisotopic (exact) mass is 349 g/mol. The number of aromatic nitrogens is 2. The van der Waals surface area contributed by atoms with Gasteiger partial charge in [-0.2, -0.15) is 0 Å².